The summed E-state index contributed by atoms with van der Waals surface area (Å²) < 4.78 is 0. The van der Waals surface area contributed by atoms with Crippen molar-refractivity contribution in [2.24, 2.45) is 5.41 Å². The molecule has 0 fully saturated rings. The fourth-order valence-corrected chi connectivity index (χ4v) is 1.80. The van der Waals surface area contributed by atoms with Gasteiger partial charge in [0.15, 0.2) is 0 Å². The molecule has 114 valence electrons. The maximum absolute atomic E-state index is 12.2. The molecule has 1 rings (SSSR count). The molecular weight excluding hydrogens is 272 g/mol. The Morgan fingerprint density at radius 3 is 2.29 bits per heavy atom. The topological polar surface area (TPSA) is 95.5 Å². The van der Waals surface area contributed by atoms with Crippen molar-refractivity contribution >= 4 is 23.5 Å². The number of hydrogen-bond donors (Lipinski definition) is 3. The standard InChI is InChI=1S/C15H20N2O4/c1-9(18)16-11-7-5-6-10(8-11)13(19)17-12(14(20)21)15(2,3)4/h5-8,12H,1-4H3,(H,16,18)(H,17,19)(H,20,21)/t12-/m1/s1. The van der Waals surface area contributed by atoms with Crippen molar-refractivity contribution in [2.75, 3.05) is 5.32 Å². The zero-order chi connectivity index (χ0) is 16.2. The minimum absolute atomic E-state index is 0.245. The quantitative estimate of drug-likeness (QED) is 0.789. The van der Waals surface area contributed by atoms with Gasteiger partial charge >= 0.3 is 5.97 Å². The van der Waals surface area contributed by atoms with Crippen molar-refractivity contribution in [3.63, 3.8) is 0 Å². The van der Waals surface area contributed by atoms with E-state index >= 15 is 0 Å². The number of carboxylic acid groups (broad SMARTS) is 1. The van der Waals surface area contributed by atoms with Crippen LogP contribution in [0.2, 0.25) is 0 Å². The molecular formula is C15H20N2O4. The first-order valence-electron chi connectivity index (χ1n) is 6.52. The lowest BCUT2D eigenvalue weighted by Gasteiger charge is -2.27. The van der Waals surface area contributed by atoms with Crippen LogP contribution in [0.15, 0.2) is 24.3 Å². The number of hydrogen-bond acceptors (Lipinski definition) is 3. The third-order valence-corrected chi connectivity index (χ3v) is 2.83. The fraction of sp³-hybridized carbons (Fsp3) is 0.400. The van der Waals surface area contributed by atoms with Gasteiger partial charge in [0, 0.05) is 18.2 Å². The molecule has 0 heterocycles. The summed E-state index contributed by atoms with van der Waals surface area (Å²) in [7, 11) is 0. The minimum Gasteiger partial charge on any atom is -0.480 e. The van der Waals surface area contributed by atoms with Crippen molar-refractivity contribution in [2.45, 2.75) is 33.7 Å². The number of carbonyl (C=O) groups excluding carboxylic acids is 2. The number of aliphatic carboxylic acids is 1. The van der Waals surface area contributed by atoms with Crippen LogP contribution >= 0.6 is 0 Å². The Labute approximate surface area is 123 Å². The number of amides is 2. The van der Waals surface area contributed by atoms with Gasteiger partial charge < -0.3 is 15.7 Å². The number of carbonyl (C=O) groups is 3. The summed E-state index contributed by atoms with van der Waals surface area (Å²) in [4.78, 5) is 34.4. The Kier molecular flexibility index (Phi) is 5.07. The zero-order valence-corrected chi connectivity index (χ0v) is 12.6. The average molecular weight is 292 g/mol. The van der Waals surface area contributed by atoms with Crippen molar-refractivity contribution in [1.29, 1.82) is 0 Å². The molecule has 0 aliphatic rings. The van der Waals surface area contributed by atoms with Gasteiger partial charge in [-0.1, -0.05) is 26.8 Å². The van der Waals surface area contributed by atoms with Crippen LogP contribution in [0, 0.1) is 5.41 Å². The van der Waals surface area contributed by atoms with Gasteiger partial charge in [0.1, 0.15) is 6.04 Å². The van der Waals surface area contributed by atoms with E-state index in [0.717, 1.165) is 0 Å². The Morgan fingerprint density at radius 2 is 1.81 bits per heavy atom. The van der Waals surface area contributed by atoms with Crippen LogP contribution in [0.5, 0.6) is 0 Å². The molecule has 0 unspecified atom stereocenters. The van der Waals surface area contributed by atoms with Gasteiger partial charge in [-0.05, 0) is 23.6 Å². The molecule has 0 saturated heterocycles. The lowest BCUT2D eigenvalue weighted by molar-refractivity contribution is -0.142. The second kappa shape index (κ2) is 6.39. The average Bonchev–Trinajstić information content (AvgIpc) is 2.33. The van der Waals surface area contributed by atoms with Gasteiger partial charge in [-0.25, -0.2) is 4.79 Å². The summed E-state index contributed by atoms with van der Waals surface area (Å²) in [6.07, 6.45) is 0. The summed E-state index contributed by atoms with van der Waals surface area (Å²) in [5.74, 6) is -1.83. The summed E-state index contributed by atoms with van der Waals surface area (Å²) in [5.41, 5.74) is 0.158. The molecule has 3 N–H and O–H groups in total. The Balaban J connectivity index is 2.93. The highest BCUT2D eigenvalue weighted by molar-refractivity contribution is 5.98. The predicted octanol–water partition coefficient (Wildman–Crippen LogP) is 1.87. The van der Waals surface area contributed by atoms with E-state index in [1.165, 1.54) is 13.0 Å². The van der Waals surface area contributed by atoms with Gasteiger partial charge in [-0.3, -0.25) is 9.59 Å². The molecule has 0 bridgehead atoms. The number of anilines is 1. The van der Waals surface area contributed by atoms with E-state index in [9.17, 15) is 19.5 Å². The highest BCUT2D eigenvalue weighted by atomic mass is 16.4. The second-order valence-electron chi connectivity index (χ2n) is 5.87. The maximum Gasteiger partial charge on any atom is 0.326 e. The lowest BCUT2D eigenvalue weighted by atomic mass is 9.86. The maximum atomic E-state index is 12.2. The third-order valence-electron chi connectivity index (χ3n) is 2.83. The van der Waals surface area contributed by atoms with Gasteiger partial charge in [-0.15, -0.1) is 0 Å². The van der Waals surface area contributed by atoms with E-state index in [1.54, 1.807) is 39.0 Å². The van der Waals surface area contributed by atoms with Gasteiger partial charge in [-0.2, -0.15) is 0 Å². The molecule has 6 heteroatoms. The molecule has 1 aromatic rings. The molecule has 0 aliphatic heterocycles. The fourth-order valence-electron chi connectivity index (χ4n) is 1.80. The number of nitrogens with one attached hydrogen (secondary N) is 2. The van der Waals surface area contributed by atoms with E-state index in [2.05, 4.69) is 10.6 Å². The normalized spacial score (nSPS) is 12.4. The van der Waals surface area contributed by atoms with Crippen molar-refractivity contribution in [1.82, 2.24) is 5.32 Å². The van der Waals surface area contributed by atoms with Crippen molar-refractivity contribution in [3.05, 3.63) is 29.8 Å². The smallest absolute Gasteiger partial charge is 0.326 e. The summed E-state index contributed by atoms with van der Waals surface area (Å²) in [5, 5.41) is 14.3. The Morgan fingerprint density at radius 1 is 1.19 bits per heavy atom. The van der Waals surface area contributed by atoms with Crippen molar-refractivity contribution < 1.29 is 19.5 Å². The first-order chi connectivity index (χ1) is 9.61. The van der Waals surface area contributed by atoms with E-state index in [1.807, 2.05) is 0 Å². The van der Waals surface area contributed by atoms with Gasteiger partial charge in [0.05, 0.1) is 0 Å². The van der Waals surface area contributed by atoms with Crippen LogP contribution in [0.3, 0.4) is 0 Å². The predicted molar refractivity (Wildman–Crippen MR) is 79.1 cm³/mol. The van der Waals surface area contributed by atoms with E-state index in [-0.39, 0.29) is 11.5 Å². The molecule has 0 aliphatic carbocycles. The molecule has 0 saturated carbocycles. The molecule has 2 amide bonds. The number of carboxylic acids is 1. The second-order valence-corrected chi connectivity index (χ2v) is 5.87. The van der Waals surface area contributed by atoms with Crippen LogP contribution in [-0.2, 0) is 9.59 Å². The van der Waals surface area contributed by atoms with Crippen LogP contribution in [-0.4, -0.2) is 28.9 Å². The minimum atomic E-state index is -1.09. The molecule has 1 atom stereocenters. The van der Waals surface area contributed by atoms with Crippen LogP contribution in [0.25, 0.3) is 0 Å². The van der Waals surface area contributed by atoms with E-state index in [0.29, 0.717) is 5.69 Å². The largest absolute Gasteiger partial charge is 0.480 e. The Hall–Kier alpha value is -2.37. The molecule has 0 spiro atoms. The summed E-state index contributed by atoms with van der Waals surface area (Å²) in [6, 6.07) is 5.32. The first kappa shape index (κ1) is 16.7. The number of rotatable bonds is 4. The molecule has 0 aromatic heterocycles. The molecule has 6 nitrogen and oxygen atoms in total. The molecule has 21 heavy (non-hydrogen) atoms. The lowest BCUT2D eigenvalue weighted by Crippen LogP contribution is -2.49. The highest BCUT2D eigenvalue weighted by Gasteiger charge is 2.32. The highest BCUT2D eigenvalue weighted by Crippen LogP contribution is 2.20. The third kappa shape index (κ3) is 4.91. The zero-order valence-electron chi connectivity index (χ0n) is 12.6. The summed E-state index contributed by atoms with van der Waals surface area (Å²) >= 11 is 0. The summed E-state index contributed by atoms with van der Waals surface area (Å²) in [6.45, 7) is 6.58. The molecule has 0 radical (unpaired) electrons. The van der Waals surface area contributed by atoms with Crippen molar-refractivity contribution in [3.8, 4) is 0 Å². The SMILES string of the molecule is CC(=O)Nc1cccc(C(=O)N[C@H](C(=O)O)C(C)(C)C)c1. The Bertz CT molecular complexity index is 561. The monoisotopic (exact) mass is 292 g/mol. The first-order valence-corrected chi connectivity index (χ1v) is 6.52. The molecule has 1 aromatic carbocycles. The van der Waals surface area contributed by atoms with Crippen LogP contribution in [0.1, 0.15) is 38.1 Å². The van der Waals surface area contributed by atoms with Gasteiger partial charge in [0.2, 0.25) is 5.91 Å². The van der Waals surface area contributed by atoms with Gasteiger partial charge in [0.25, 0.3) is 5.91 Å². The number of benzene rings is 1. The van der Waals surface area contributed by atoms with E-state index < -0.39 is 23.3 Å². The van der Waals surface area contributed by atoms with Crippen LogP contribution < -0.4 is 10.6 Å². The van der Waals surface area contributed by atoms with Crippen LogP contribution in [0.4, 0.5) is 5.69 Å². The van der Waals surface area contributed by atoms with E-state index in [4.69, 9.17) is 0 Å².